The number of piperidine rings is 1. The predicted octanol–water partition coefficient (Wildman–Crippen LogP) is 1.68. The van der Waals surface area contributed by atoms with E-state index in [1.165, 1.54) is 6.42 Å². The van der Waals surface area contributed by atoms with Crippen LogP contribution in [0.4, 0.5) is 0 Å². The summed E-state index contributed by atoms with van der Waals surface area (Å²) >= 11 is 0. The fourth-order valence-corrected chi connectivity index (χ4v) is 5.07. The summed E-state index contributed by atoms with van der Waals surface area (Å²) in [6, 6.07) is 3.84. The van der Waals surface area contributed by atoms with Gasteiger partial charge in [0.25, 0.3) is 5.91 Å². The van der Waals surface area contributed by atoms with E-state index in [9.17, 15) is 4.79 Å². The van der Waals surface area contributed by atoms with E-state index in [2.05, 4.69) is 19.9 Å². The largest absolute Gasteiger partial charge is 0.373 e. The Morgan fingerprint density at radius 2 is 2.19 bits per heavy atom. The molecule has 1 aliphatic carbocycles. The second kappa shape index (κ2) is 6.81. The first kappa shape index (κ1) is 17.2. The van der Waals surface area contributed by atoms with Crippen molar-refractivity contribution in [1.82, 2.24) is 19.9 Å². The van der Waals surface area contributed by atoms with Gasteiger partial charge < -0.3 is 15.5 Å². The van der Waals surface area contributed by atoms with E-state index in [-0.39, 0.29) is 0 Å². The van der Waals surface area contributed by atoms with Gasteiger partial charge in [-0.15, -0.1) is 0 Å². The molecule has 7 nitrogen and oxygen atoms in total. The highest BCUT2D eigenvalue weighted by Gasteiger charge is 2.54. The summed E-state index contributed by atoms with van der Waals surface area (Å²) in [6.07, 6.45) is 8.53. The second-order valence-electron chi connectivity index (χ2n) is 7.36. The maximum Gasteiger partial charge on any atom is 0.267 e. The van der Waals surface area contributed by atoms with Crippen molar-refractivity contribution in [2.24, 2.45) is 17.6 Å². The zero-order valence-electron chi connectivity index (χ0n) is 15.0. The van der Waals surface area contributed by atoms with Crippen LogP contribution in [-0.2, 0) is 16.9 Å². The summed E-state index contributed by atoms with van der Waals surface area (Å²) in [7, 11) is 1.76. The number of primary amides is 1. The molecule has 138 valence electrons. The number of imidazole rings is 1. The minimum atomic E-state index is -0.499. The first-order valence-corrected chi connectivity index (χ1v) is 9.15. The molecule has 1 saturated heterocycles. The molecule has 3 heterocycles. The number of carbonyl (C=O) groups is 1. The van der Waals surface area contributed by atoms with Gasteiger partial charge in [0.05, 0.1) is 6.33 Å². The van der Waals surface area contributed by atoms with Gasteiger partial charge in [-0.25, -0.2) is 4.98 Å². The lowest BCUT2D eigenvalue weighted by atomic mass is 9.62. The Morgan fingerprint density at radius 3 is 2.81 bits per heavy atom. The van der Waals surface area contributed by atoms with Crippen LogP contribution in [-0.4, -0.2) is 46.0 Å². The molecule has 1 amide bonds. The monoisotopic (exact) mass is 355 g/mol. The molecule has 26 heavy (non-hydrogen) atoms. The molecule has 2 aromatic rings. The molecule has 2 bridgehead atoms. The molecule has 2 aliphatic rings. The van der Waals surface area contributed by atoms with Crippen LogP contribution in [0.2, 0.25) is 0 Å². The van der Waals surface area contributed by atoms with Crippen LogP contribution in [0.1, 0.15) is 41.0 Å². The number of H-pyrrole nitrogens is 1. The molecule has 0 aromatic carbocycles. The van der Waals surface area contributed by atoms with Crippen molar-refractivity contribution in [3.8, 4) is 0 Å². The summed E-state index contributed by atoms with van der Waals surface area (Å²) in [5.74, 6) is 0.102. The van der Waals surface area contributed by atoms with E-state index < -0.39 is 11.5 Å². The molecular formula is C19H25N5O2. The lowest BCUT2D eigenvalue weighted by Gasteiger charge is -2.55. The number of aromatic amines is 1. The van der Waals surface area contributed by atoms with Gasteiger partial charge in [-0.1, -0.05) is 12.5 Å². The highest BCUT2D eigenvalue weighted by Crippen LogP contribution is 2.52. The van der Waals surface area contributed by atoms with E-state index in [4.69, 9.17) is 10.5 Å². The van der Waals surface area contributed by atoms with Gasteiger partial charge in [0, 0.05) is 62.2 Å². The van der Waals surface area contributed by atoms with E-state index in [0.717, 1.165) is 43.7 Å². The van der Waals surface area contributed by atoms with Crippen LogP contribution >= 0.6 is 0 Å². The predicted molar refractivity (Wildman–Crippen MR) is 96.1 cm³/mol. The third-order valence-electron chi connectivity index (χ3n) is 6.02. The highest BCUT2D eigenvalue weighted by atomic mass is 16.5. The fraction of sp³-hybridized carbons (Fsp3) is 0.526. The molecule has 4 rings (SSSR count). The Hall–Kier alpha value is -2.25. The van der Waals surface area contributed by atoms with Crippen LogP contribution in [0.15, 0.2) is 30.9 Å². The summed E-state index contributed by atoms with van der Waals surface area (Å²) < 4.78 is 6.21. The molecule has 7 heteroatoms. The minimum Gasteiger partial charge on any atom is -0.373 e. The molecule has 1 aliphatic heterocycles. The van der Waals surface area contributed by atoms with Crippen molar-refractivity contribution in [3.05, 3.63) is 47.8 Å². The van der Waals surface area contributed by atoms with Crippen molar-refractivity contribution in [2.75, 3.05) is 20.2 Å². The smallest absolute Gasteiger partial charge is 0.267 e. The van der Waals surface area contributed by atoms with Crippen molar-refractivity contribution in [2.45, 2.75) is 31.4 Å². The summed E-state index contributed by atoms with van der Waals surface area (Å²) in [6.45, 7) is 2.68. The standard InChI is InChI=1S/C19H25N5O2/c1-26-19(16-6-3-7-22-17(16)18(20)25)13-4-2-5-14(19)10-24(9-13)11-15-8-21-12-23-15/h3,6-8,12-14H,2,4-5,9-11H2,1H3,(H2,20,25)(H,21,23)/t13-,14+,19?. The average Bonchev–Trinajstić information content (AvgIpc) is 3.14. The number of nitrogens with two attached hydrogens (primary N) is 1. The highest BCUT2D eigenvalue weighted by molar-refractivity contribution is 5.92. The SMILES string of the molecule is COC1(c2cccnc2C(N)=O)[C@@H]2CCC[C@H]1CN(Cc1cnc[nH]1)C2. The minimum absolute atomic E-state index is 0.297. The number of likely N-dealkylation sites (tertiary alicyclic amines) is 1. The third kappa shape index (κ3) is 2.71. The summed E-state index contributed by atoms with van der Waals surface area (Å²) in [4.78, 5) is 26.0. The molecular weight excluding hydrogens is 330 g/mol. The number of hydrogen-bond acceptors (Lipinski definition) is 5. The zero-order chi connectivity index (χ0) is 18.1. The van der Waals surface area contributed by atoms with Crippen molar-refractivity contribution in [1.29, 1.82) is 0 Å². The maximum absolute atomic E-state index is 12.0. The Balaban J connectivity index is 1.70. The van der Waals surface area contributed by atoms with Crippen LogP contribution < -0.4 is 5.73 Å². The summed E-state index contributed by atoms with van der Waals surface area (Å²) in [5, 5.41) is 0. The maximum atomic E-state index is 12.0. The molecule has 2 fully saturated rings. The van der Waals surface area contributed by atoms with Crippen LogP contribution in [0.3, 0.4) is 0 Å². The number of fused-ring (bicyclic) bond motifs is 2. The number of methoxy groups -OCH3 is 1. The van der Waals surface area contributed by atoms with Crippen LogP contribution in [0.25, 0.3) is 0 Å². The van der Waals surface area contributed by atoms with Gasteiger partial charge in [0.1, 0.15) is 11.3 Å². The van der Waals surface area contributed by atoms with E-state index >= 15 is 0 Å². The Bertz CT molecular complexity index is 762. The van der Waals surface area contributed by atoms with Crippen molar-refractivity contribution >= 4 is 5.91 Å². The molecule has 0 radical (unpaired) electrons. The molecule has 3 N–H and O–H groups in total. The number of rotatable bonds is 5. The lowest BCUT2D eigenvalue weighted by Crippen LogP contribution is -2.59. The molecule has 1 saturated carbocycles. The number of aromatic nitrogens is 3. The Labute approximate surface area is 153 Å². The molecule has 0 spiro atoms. The number of hydrogen-bond donors (Lipinski definition) is 2. The van der Waals surface area contributed by atoms with Crippen LogP contribution in [0, 0.1) is 11.8 Å². The number of nitrogens with one attached hydrogen (secondary N) is 1. The van der Waals surface area contributed by atoms with Gasteiger partial charge in [-0.2, -0.15) is 0 Å². The first-order chi connectivity index (χ1) is 12.6. The van der Waals surface area contributed by atoms with Crippen molar-refractivity contribution in [3.63, 3.8) is 0 Å². The molecule has 1 unspecified atom stereocenters. The molecule has 2 aromatic heterocycles. The van der Waals surface area contributed by atoms with Gasteiger partial charge in [0.2, 0.25) is 0 Å². The zero-order valence-corrected chi connectivity index (χ0v) is 15.0. The quantitative estimate of drug-likeness (QED) is 0.850. The van der Waals surface area contributed by atoms with E-state index in [1.807, 2.05) is 18.3 Å². The number of ether oxygens (including phenoxy) is 1. The number of amides is 1. The van der Waals surface area contributed by atoms with Crippen LogP contribution in [0.5, 0.6) is 0 Å². The first-order valence-electron chi connectivity index (χ1n) is 9.15. The lowest BCUT2D eigenvalue weighted by molar-refractivity contribution is -0.170. The van der Waals surface area contributed by atoms with Crippen molar-refractivity contribution < 1.29 is 9.53 Å². The van der Waals surface area contributed by atoms with Gasteiger partial charge >= 0.3 is 0 Å². The number of carbonyl (C=O) groups excluding carboxylic acids is 1. The van der Waals surface area contributed by atoms with Gasteiger partial charge in [-0.3, -0.25) is 14.7 Å². The van der Waals surface area contributed by atoms with Gasteiger partial charge in [-0.05, 0) is 18.9 Å². The molecule has 3 atom stereocenters. The second-order valence-corrected chi connectivity index (χ2v) is 7.36. The Morgan fingerprint density at radius 1 is 1.42 bits per heavy atom. The fourth-order valence-electron chi connectivity index (χ4n) is 5.07. The third-order valence-corrected chi connectivity index (χ3v) is 6.02. The topological polar surface area (TPSA) is 97.1 Å². The summed E-state index contributed by atoms with van der Waals surface area (Å²) in [5.41, 5.74) is 7.44. The van der Waals surface area contributed by atoms with E-state index in [1.54, 1.807) is 19.6 Å². The van der Waals surface area contributed by atoms with Gasteiger partial charge in [0.15, 0.2) is 0 Å². The number of pyridine rings is 1. The van der Waals surface area contributed by atoms with E-state index in [0.29, 0.717) is 17.5 Å². The normalized spacial score (nSPS) is 28.8. The Kier molecular flexibility index (Phi) is 4.50. The average molecular weight is 355 g/mol. The number of nitrogens with zero attached hydrogens (tertiary/aromatic N) is 3.